The maximum atomic E-state index is 5.47. The number of rotatable bonds is 6. The van der Waals surface area contributed by atoms with E-state index in [1.165, 1.54) is 0 Å². The van der Waals surface area contributed by atoms with Crippen molar-refractivity contribution in [2.24, 2.45) is 0 Å². The molecule has 4 aromatic rings. The first kappa shape index (κ1) is 17.7. The van der Waals surface area contributed by atoms with Crippen molar-refractivity contribution in [3.05, 3.63) is 54.9 Å². The molecule has 0 bridgehead atoms. The number of hydrogen-bond donors (Lipinski definition) is 0. The molecule has 2 heterocycles. The highest BCUT2D eigenvalue weighted by molar-refractivity contribution is 5.94. The van der Waals surface area contributed by atoms with E-state index >= 15 is 0 Å². The van der Waals surface area contributed by atoms with Crippen LogP contribution < -0.4 is 14.2 Å². The molecule has 2 aromatic heterocycles. The predicted molar refractivity (Wildman–Crippen MR) is 104 cm³/mol. The Morgan fingerprint density at radius 2 is 1.50 bits per heavy atom. The summed E-state index contributed by atoms with van der Waals surface area (Å²) in [5.41, 5.74) is 2.52. The monoisotopic (exact) mass is 377 g/mol. The zero-order valence-corrected chi connectivity index (χ0v) is 15.8. The number of ether oxygens (including phenoxy) is 3. The standard InChI is InChI=1S/C20H19N5O3/c1-26-14-6-4-13(5-7-14)20-15-8-17(27-2)18(28-3)9-16(15)23-19(24-20)10-25-11-21-22-12-25/h4-9,11-12H,10H2,1-3H3. The first-order chi connectivity index (χ1) is 13.7. The van der Waals surface area contributed by atoms with Gasteiger partial charge in [-0.25, -0.2) is 9.97 Å². The first-order valence-corrected chi connectivity index (χ1v) is 8.61. The van der Waals surface area contributed by atoms with Crippen LogP contribution >= 0.6 is 0 Å². The quantitative estimate of drug-likeness (QED) is 0.511. The van der Waals surface area contributed by atoms with Crippen LogP contribution in [0.5, 0.6) is 17.2 Å². The van der Waals surface area contributed by atoms with Crippen LogP contribution in [0.4, 0.5) is 0 Å². The average molecular weight is 377 g/mol. The lowest BCUT2D eigenvalue weighted by Crippen LogP contribution is -2.05. The molecule has 0 amide bonds. The summed E-state index contributed by atoms with van der Waals surface area (Å²) in [6.07, 6.45) is 3.27. The Labute approximate surface area is 161 Å². The molecule has 2 aromatic carbocycles. The number of nitrogens with zero attached hydrogens (tertiary/aromatic N) is 5. The smallest absolute Gasteiger partial charge is 0.162 e. The first-order valence-electron chi connectivity index (χ1n) is 8.61. The average Bonchev–Trinajstić information content (AvgIpc) is 3.25. The minimum atomic E-state index is 0.459. The van der Waals surface area contributed by atoms with Crippen LogP contribution in [-0.2, 0) is 6.54 Å². The summed E-state index contributed by atoms with van der Waals surface area (Å²) in [5, 5.41) is 8.55. The van der Waals surface area contributed by atoms with E-state index in [4.69, 9.17) is 24.2 Å². The molecule has 0 fully saturated rings. The largest absolute Gasteiger partial charge is 0.497 e. The third kappa shape index (κ3) is 3.32. The number of methoxy groups -OCH3 is 3. The van der Waals surface area contributed by atoms with Gasteiger partial charge in [-0.1, -0.05) is 0 Å². The van der Waals surface area contributed by atoms with Gasteiger partial charge in [0.05, 0.1) is 39.1 Å². The van der Waals surface area contributed by atoms with Crippen LogP contribution in [0.25, 0.3) is 22.2 Å². The van der Waals surface area contributed by atoms with Crippen LogP contribution in [0.3, 0.4) is 0 Å². The number of benzene rings is 2. The maximum Gasteiger partial charge on any atom is 0.162 e. The lowest BCUT2D eigenvalue weighted by atomic mass is 10.1. The minimum Gasteiger partial charge on any atom is -0.497 e. The molecule has 0 aliphatic carbocycles. The van der Waals surface area contributed by atoms with E-state index in [0.29, 0.717) is 23.9 Å². The molecule has 0 unspecified atom stereocenters. The Morgan fingerprint density at radius 3 is 2.14 bits per heavy atom. The van der Waals surface area contributed by atoms with E-state index in [-0.39, 0.29) is 0 Å². The van der Waals surface area contributed by atoms with Crippen molar-refractivity contribution in [1.29, 1.82) is 0 Å². The number of hydrogen-bond acceptors (Lipinski definition) is 7. The fourth-order valence-electron chi connectivity index (χ4n) is 3.01. The summed E-state index contributed by atoms with van der Waals surface area (Å²) < 4.78 is 18.0. The van der Waals surface area contributed by atoms with E-state index in [2.05, 4.69) is 10.2 Å². The van der Waals surface area contributed by atoms with Crippen LogP contribution in [0, 0.1) is 0 Å². The van der Waals surface area contributed by atoms with E-state index < -0.39 is 0 Å². The van der Waals surface area contributed by atoms with Crippen molar-refractivity contribution in [1.82, 2.24) is 24.7 Å². The summed E-state index contributed by atoms with van der Waals surface area (Å²) >= 11 is 0. The third-order valence-corrected chi connectivity index (χ3v) is 4.40. The van der Waals surface area contributed by atoms with Crippen LogP contribution in [-0.4, -0.2) is 46.1 Å². The highest BCUT2D eigenvalue weighted by Gasteiger charge is 2.15. The summed E-state index contributed by atoms with van der Waals surface area (Å²) in [5.74, 6) is 2.67. The van der Waals surface area contributed by atoms with Gasteiger partial charge in [-0.05, 0) is 30.3 Å². The van der Waals surface area contributed by atoms with Gasteiger partial charge in [-0.15, -0.1) is 10.2 Å². The van der Waals surface area contributed by atoms with Crippen molar-refractivity contribution < 1.29 is 14.2 Å². The summed E-state index contributed by atoms with van der Waals surface area (Å²) in [4.78, 5) is 9.51. The second kappa shape index (κ2) is 7.51. The molecule has 0 atom stereocenters. The van der Waals surface area contributed by atoms with Gasteiger partial charge in [0.15, 0.2) is 11.5 Å². The molecular weight excluding hydrogens is 358 g/mol. The molecule has 0 spiro atoms. The van der Waals surface area contributed by atoms with Crippen molar-refractivity contribution in [3.8, 4) is 28.5 Å². The van der Waals surface area contributed by atoms with Gasteiger partial charge in [0.2, 0.25) is 0 Å². The maximum absolute atomic E-state index is 5.47. The Kier molecular flexibility index (Phi) is 4.76. The Hall–Kier alpha value is -3.68. The van der Waals surface area contributed by atoms with Crippen molar-refractivity contribution in [3.63, 3.8) is 0 Å². The molecule has 8 nitrogen and oxygen atoms in total. The molecule has 0 aliphatic heterocycles. The van der Waals surface area contributed by atoms with Gasteiger partial charge in [0.25, 0.3) is 0 Å². The minimum absolute atomic E-state index is 0.459. The van der Waals surface area contributed by atoms with Gasteiger partial charge in [-0.2, -0.15) is 0 Å². The zero-order valence-electron chi connectivity index (χ0n) is 15.8. The third-order valence-electron chi connectivity index (χ3n) is 4.40. The second-order valence-corrected chi connectivity index (χ2v) is 6.08. The van der Waals surface area contributed by atoms with Crippen LogP contribution in [0.2, 0.25) is 0 Å². The number of aromatic nitrogens is 5. The molecular formula is C20H19N5O3. The molecule has 0 aliphatic rings. The molecule has 0 saturated heterocycles. The van der Waals surface area contributed by atoms with Crippen molar-refractivity contribution in [2.45, 2.75) is 6.54 Å². The topological polar surface area (TPSA) is 84.2 Å². The van der Waals surface area contributed by atoms with Gasteiger partial charge in [0.1, 0.15) is 24.2 Å². The van der Waals surface area contributed by atoms with Crippen LogP contribution in [0.15, 0.2) is 49.1 Å². The molecule has 0 N–H and O–H groups in total. The van der Waals surface area contributed by atoms with Gasteiger partial charge < -0.3 is 18.8 Å². The zero-order chi connectivity index (χ0) is 19.5. The summed E-state index contributed by atoms with van der Waals surface area (Å²) in [6, 6.07) is 11.5. The van der Waals surface area contributed by atoms with E-state index in [9.17, 15) is 0 Å². The van der Waals surface area contributed by atoms with E-state index in [1.807, 2.05) is 41.0 Å². The fraction of sp³-hybridized carbons (Fsp3) is 0.200. The van der Waals surface area contributed by atoms with Gasteiger partial charge in [0, 0.05) is 17.0 Å². The second-order valence-electron chi connectivity index (χ2n) is 6.08. The highest BCUT2D eigenvalue weighted by atomic mass is 16.5. The summed E-state index contributed by atoms with van der Waals surface area (Å²) in [7, 11) is 4.86. The van der Waals surface area contributed by atoms with E-state index in [1.54, 1.807) is 34.0 Å². The van der Waals surface area contributed by atoms with Gasteiger partial charge >= 0.3 is 0 Å². The molecule has 142 valence electrons. The molecule has 0 radical (unpaired) electrons. The normalized spacial score (nSPS) is 10.8. The van der Waals surface area contributed by atoms with Gasteiger partial charge in [-0.3, -0.25) is 0 Å². The molecule has 8 heteroatoms. The predicted octanol–water partition coefficient (Wildman–Crippen LogP) is 2.96. The summed E-state index contributed by atoms with van der Waals surface area (Å²) in [6.45, 7) is 0.459. The van der Waals surface area contributed by atoms with Crippen molar-refractivity contribution >= 4 is 10.9 Å². The fourth-order valence-corrected chi connectivity index (χ4v) is 3.01. The Balaban J connectivity index is 1.92. The van der Waals surface area contributed by atoms with E-state index in [0.717, 1.165) is 27.9 Å². The SMILES string of the molecule is COc1ccc(-c2nc(Cn3cnnc3)nc3cc(OC)c(OC)cc23)cc1. The Morgan fingerprint density at radius 1 is 0.821 bits per heavy atom. The Bertz CT molecular complexity index is 1100. The molecule has 28 heavy (non-hydrogen) atoms. The highest BCUT2D eigenvalue weighted by Crippen LogP contribution is 2.36. The molecule has 0 saturated carbocycles. The lowest BCUT2D eigenvalue weighted by molar-refractivity contribution is 0.356. The molecule has 4 rings (SSSR count). The van der Waals surface area contributed by atoms with Crippen LogP contribution in [0.1, 0.15) is 5.82 Å². The number of fused-ring (bicyclic) bond motifs is 1. The van der Waals surface area contributed by atoms with Crippen molar-refractivity contribution in [2.75, 3.05) is 21.3 Å². The lowest BCUT2D eigenvalue weighted by Gasteiger charge is -2.13.